The fourth-order valence-corrected chi connectivity index (χ4v) is 2.90. The van der Waals surface area contributed by atoms with Crippen molar-refractivity contribution in [2.75, 3.05) is 16.8 Å². The molecule has 0 amide bonds. The van der Waals surface area contributed by atoms with E-state index < -0.39 is 0 Å². The largest absolute Gasteiger partial charge is 0.381 e. The fraction of sp³-hybridized carbons (Fsp3) is 0.538. The first kappa shape index (κ1) is 11.8. The van der Waals surface area contributed by atoms with Crippen molar-refractivity contribution in [3.8, 4) is 0 Å². The van der Waals surface area contributed by atoms with E-state index in [0.29, 0.717) is 6.04 Å². The quantitative estimate of drug-likeness (QED) is 0.841. The summed E-state index contributed by atoms with van der Waals surface area (Å²) in [6.07, 6.45) is 0. The van der Waals surface area contributed by atoms with Crippen molar-refractivity contribution in [2.45, 2.75) is 39.3 Å². The van der Waals surface area contributed by atoms with E-state index in [2.05, 4.69) is 72.0 Å². The second-order valence-corrected chi connectivity index (χ2v) is 6.21. The molecule has 0 fully saturated rings. The Labute approximate surface area is 106 Å². The van der Waals surface area contributed by atoms with Crippen molar-refractivity contribution >= 4 is 27.3 Å². The predicted octanol–water partition coefficient (Wildman–Crippen LogP) is 3.87. The van der Waals surface area contributed by atoms with Crippen LogP contribution in [0, 0.1) is 0 Å². The van der Waals surface area contributed by atoms with Gasteiger partial charge >= 0.3 is 0 Å². The number of anilines is 2. The molecule has 0 unspecified atom stereocenters. The molecule has 0 atom stereocenters. The summed E-state index contributed by atoms with van der Waals surface area (Å²) in [6.45, 7) is 10.0. The van der Waals surface area contributed by atoms with Crippen molar-refractivity contribution in [1.82, 2.24) is 0 Å². The van der Waals surface area contributed by atoms with E-state index in [1.165, 1.54) is 11.4 Å². The summed E-state index contributed by atoms with van der Waals surface area (Å²) in [7, 11) is 0. The molecule has 1 aromatic rings. The highest BCUT2D eigenvalue weighted by Gasteiger charge is 2.34. The summed E-state index contributed by atoms with van der Waals surface area (Å²) in [5.41, 5.74) is 2.68. The zero-order chi connectivity index (χ0) is 11.9. The lowest BCUT2D eigenvalue weighted by atomic mass is 9.95. The lowest BCUT2D eigenvalue weighted by molar-refractivity contribution is 0.439. The van der Waals surface area contributed by atoms with Crippen molar-refractivity contribution < 1.29 is 0 Å². The number of nitrogens with zero attached hydrogens (tertiary/aromatic N) is 1. The summed E-state index contributed by atoms with van der Waals surface area (Å²) in [5, 5.41) is 3.50. The molecule has 2 nitrogen and oxygen atoms in total. The molecule has 0 radical (unpaired) electrons. The molecular formula is C13H19BrN2. The number of fused-ring (bicyclic) bond motifs is 1. The van der Waals surface area contributed by atoms with Gasteiger partial charge in [-0.1, -0.05) is 15.9 Å². The van der Waals surface area contributed by atoms with Gasteiger partial charge in [0.25, 0.3) is 0 Å². The van der Waals surface area contributed by atoms with Crippen LogP contribution >= 0.6 is 15.9 Å². The molecule has 3 heteroatoms. The van der Waals surface area contributed by atoms with Gasteiger partial charge in [-0.3, -0.25) is 0 Å². The van der Waals surface area contributed by atoms with Crippen LogP contribution in [0.4, 0.5) is 11.4 Å². The van der Waals surface area contributed by atoms with E-state index in [9.17, 15) is 0 Å². The highest BCUT2D eigenvalue weighted by atomic mass is 79.9. The van der Waals surface area contributed by atoms with Crippen LogP contribution in [0.1, 0.15) is 27.7 Å². The molecule has 0 saturated carbocycles. The maximum absolute atomic E-state index is 3.55. The number of rotatable bonds is 1. The van der Waals surface area contributed by atoms with Crippen LogP contribution in [-0.2, 0) is 0 Å². The van der Waals surface area contributed by atoms with Crippen LogP contribution in [0.25, 0.3) is 0 Å². The van der Waals surface area contributed by atoms with E-state index in [4.69, 9.17) is 0 Å². The Bertz CT molecular complexity index is 399. The SMILES string of the molecule is CC(C)N1c2cc(Br)ccc2NCC1(C)C. The number of halogens is 1. The maximum atomic E-state index is 3.55. The smallest absolute Gasteiger partial charge is 0.0620 e. The van der Waals surface area contributed by atoms with Crippen LogP contribution < -0.4 is 10.2 Å². The Balaban J connectivity index is 2.52. The molecule has 88 valence electrons. The van der Waals surface area contributed by atoms with E-state index in [1.54, 1.807) is 0 Å². The average molecular weight is 283 g/mol. The van der Waals surface area contributed by atoms with Gasteiger partial charge < -0.3 is 10.2 Å². The zero-order valence-corrected chi connectivity index (χ0v) is 11.9. The van der Waals surface area contributed by atoms with Crippen LogP contribution in [0.15, 0.2) is 22.7 Å². The fourth-order valence-electron chi connectivity index (χ4n) is 2.55. The summed E-state index contributed by atoms with van der Waals surface area (Å²) in [6, 6.07) is 6.93. The molecule has 16 heavy (non-hydrogen) atoms. The monoisotopic (exact) mass is 282 g/mol. The molecule has 0 saturated heterocycles. The third kappa shape index (κ3) is 1.93. The van der Waals surface area contributed by atoms with Gasteiger partial charge in [-0.25, -0.2) is 0 Å². The topological polar surface area (TPSA) is 15.3 Å². The number of hydrogen-bond acceptors (Lipinski definition) is 2. The van der Waals surface area contributed by atoms with Crippen LogP contribution in [0.3, 0.4) is 0 Å². The van der Waals surface area contributed by atoms with Crippen LogP contribution in [-0.4, -0.2) is 18.1 Å². The minimum absolute atomic E-state index is 0.155. The first-order valence-electron chi connectivity index (χ1n) is 5.74. The second-order valence-electron chi connectivity index (χ2n) is 5.29. The van der Waals surface area contributed by atoms with E-state index in [1.807, 2.05) is 0 Å². The minimum atomic E-state index is 0.155. The Morgan fingerprint density at radius 3 is 2.69 bits per heavy atom. The molecule has 0 aliphatic carbocycles. The minimum Gasteiger partial charge on any atom is -0.381 e. The van der Waals surface area contributed by atoms with Gasteiger partial charge in [0.05, 0.1) is 16.9 Å². The second kappa shape index (κ2) is 3.95. The normalized spacial score (nSPS) is 18.2. The Kier molecular flexibility index (Phi) is 2.91. The van der Waals surface area contributed by atoms with Gasteiger partial charge in [-0.2, -0.15) is 0 Å². The summed E-state index contributed by atoms with van der Waals surface area (Å²) >= 11 is 3.55. The third-order valence-corrected chi connectivity index (χ3v) is 3.59. The highest BCUT2D eigenvalue weighted by molar-refractivity contribution is 9.10. The van der Waals surface area contributed by atoms with Crippen LogP contribution in [0.5, 0.6) is 0 Å². The average Bonchev–Trinajstić information content (AvgIpc) is 2.15. The summed E-state index contributed by atoms with van der Waals surface area (Å²) < 4.78 is 1.14. The number of benzene rings is 1. The first-order chi connectivity index (χ1) is 7.42. The van der Waals surface area contributed by atoms with E-state index in [0.717, 1.165) is 11.0 Å². The lowest BCUT2D eigenvalue weighted by Gasteiger charge is -2.48. The zero-order valence-electron chi connectivity index (χ0n) is 10.3. The summed E-state index contributed by atoms with van der Waals surface area (Å²) in [5.74, 6) is 0. The molecule has 0 bridgehead atoms. The molecule has 1 aromatic carbocycles. The molecule has 1 heterocycles. The molecule has 1 aliphatic rings. The first-order valence-corrected chi connectivity index (χ1v) is 6.54. The van der Waals surface area contributed by atoms with Crippen molar-refractivity contribution in [3.05, 3.63) is 22.7 Å². The summed E-state index contributed by atoms with van der Waals surface area (Å²) in [4.78, 5) is 2.49. The van der Waals surface area contributed by atoms with Gasteiger partial charge in [0.15, 0.2) is 0 Å². The maximum Gasteiger partial charge on any atom is 0.0620 e. The Morgan fingerprint density at radius 2 is 2.06 bits per heavy atom. The van der Waals surface area contributed by atoms with E-state index >= 15 is 0 Å². The molecular weight excluding hydrogens is 264 g/mol. The van der Waals surface area contributed by atoms with Gasteiger partial charge in [-0.05, 0) is 45.9 Å². The van der Waals surface area contributed by atoms with Gasteiger partial charge in [0.2, 0.25) is 0 Å². The number of nitrogens with one attached hydrogen (secondary N) is 1. The van der Waals surface area contributed by atoms with Crippen molar-refractivity contribution in [1.29, 1.82) is 0 Å². The van der Waals surface area contributed by atoms with Crippen LogP contribution in [0.2, 0.25) is 0 Å². The molecule has 1 N–H and O–H groups in total. The third-order valence-electron chi connectivity index (χ3n) is 3.10. The van der Waals surface area contributed by atoms with Crippen molar-refractivity contribution in [3.63, 3.8) is 0 Å². The molecule has 1 aliphatic heterocycles. The van der Waals surface area contributed by atoms with Gasteiger partial charge in [0, 0.05) is 17.1 Å². The number of hydrogen-bond donors (Lipinski definition) is 1. The van der Waals surface area contributed by atoms with Crippen molar-refractivity contribution in [2.24, 2.45) is 0 Å². The highest BCUT2D eigenvalue weighted by Crippen LogP contribution is 2.39. The van der Waals surface area contributed by atoms with Gasteiger partial charge in [0.1, 0.15) is 0 Å². The predicted molar refractivity (Wildman–Crippen MR) is 74.3 cm³/mol. The standard InChI is InChI=1S/C13H19BrN2/c1-9(2)16-12-7-10(14)5-6-11(12)15-8-13(16,3)4/h5-7,9,15H,8H2,1-4H3. The van der Waals surface area contributed by atoms with E-state index in [-0.39, 0.29) is 5.54 Å². The molecule has 0 aromatic heterocycles. The lowest BCUT2D eigenvalue weighted by Crippen LogP contribution is -2.55. The Hall–Kier alpha value is -0.700. The Morgan fingerprint density at radius 1 is 1.38 bits per heavy atom. The van der Waals surface area contributed by atoms with Gasteiger partial charge in [-0.15, -0.1) is 0 Å². The molecule has 0 spiro atoms. The molecule has 2 rings (SSSR count).